The van der Waals surface area contributed by atoms with Gasteiger partial charge in [0.15, 0.2) is 0 Å². The first kappa shape index (κ1) is 12.6. The van der Waals surface area contributed by atoms with E-state index in [1.807, 2.05) is 0 Å². The zero-order valence-corrected chi connectivity index (χ0v) is 9.32. The van der Waals surface area contributed by atoms with E-state index in [-0.39, 0.29) is 18.2 Å². The molecule has 0 atom stereocenters. The lowest BCUT2D eigenvalue weighted by Crippen LogP contribution is -2.26. The van der Waals surface area contributed by atoms with Crippen molar-refractivity contribution >= 4 is 11.6 Å². The molecule has 0 heterocycles. The molecule has 0 fully saturated rings. The van der Waals surface area contributed by atoms with Gasteiger partial charge < -0.3 is 10.0 Å². The molecule has 88 valence electrons. The van der Waals surface area contributed by atoms with E-state index < -0.39 is 5.82 Å². The summed E-state index contributed by atoms with van der Waals surface area (Å²) in [7, 11) is 1.56. The van der Waals surface area contributed by atoms with E-state index in [4.69, 9.17) is 5.11 Å². The number of benzene rings is 1. The molecule has 1 amide bonds. The van der Waals surface area contributed by atoms with Crippen molar-refractivity contribution in [1.82, 2.24) is 0 Å². The third kappa shape index (κ3) is 3.31. The Bertz CT molecular complexity index is 355. The number of nitrogens with zero attached hydrogens (tertiary/aromatic N) is 1. The maximum absolute atomic E-state index is 13.4. The van der Waals surface area contributed by atoms with Crippen molar-refractivity contribution in [3.05, 3.63) is 30.1 Å². The lowest BCUT2D eigenvalue weighted by Gasteiger charge is -2.17. The van der Waals surface area contributed by atoms with Crippen molar-refractivity contribution in [1.29, 1.82) is 0 Å². The van der Waals surface area contributed by atoms with Crippen LogP contribution in [0.3, 0.4) is 0 Å². The van der Waals surface area contributed by atoms with E-state index in [2.05, 4.69) is 0 Å². The molecule has 0 aliphatic heterocycles. The van der Waals surface area contributed by atoms with Gasteiger partial charge in [0.05, 0.1) is 5.69 Å². The number of carbonyl (C=O) groups excluding carboxylic acids is 1. The number of hydrogen-bond acceptors (Lipinski definition) is 2. The topological polar surface area (TPSA) is 40.5 Å². The third-order valence-electron chi connectivity index (χ3n) is 2.39. The zero-order valence-electron chi connectivity index (χ0n) is 9.32. The van der Waals surface area contributed by atoms with Crippen LogP contribution in [0.4, 0.5) is 10.1 Å². The van der Waals surface area contributed by atoms with Crippen molar-refractivity contribution in [2.75, 3.05) is 18.6 Å². The summed E-state index contributed by atoms with van der Waals surface area (Å²) in [6.07, 6.45) is 1.54. The summed E-state index contributed by atoms with van der Waals surface area (Å²) in [5.74, 6) is -0.543. The highest BCUT2D eigenvalue weighted by molar-refractivity contribution is 5.92. The van der Waals surface area contributed by atoms with Gasteiger partial charge in [-0.25, -0.2) is 4.39 Å². The first-order valence-electron chi connectivity index (χ1n) is 5.28. The first-order chi connectivity index (χ1) is 7.66. The van der Waals surface area contributed by atoms with Crippen molar-refractivity contribution < 1.29 is 14.3 Å². The lowest BCUT2D eigenvalue weighted by molar-refractivity contribution is -0.118. The van der Waals surface area contributed by atoms with Crippen LogP contribution >= 0.6 is 0 Å². The van der Waals surface area contributed by atoms with Gasteiger partial charge in [0.1, 0.15) is 5.82 Å². The van der Waals surface area contributed by atoms with Gasteiger partial charge in [-0.3, -0.25) is 4.79 Å². The molecule has 0 aliphatic carbocycles. The van der Waals surface area contributed by atoms with Crippen LogP contribution in [0.15, 0.2) is 24.3 Å². The lowest BCUT2D eigenvalue weighted by atomic mass is 10.2. The molecule has 1 N–H and O–H groups in total. The molecule has 4 heteroatoms. The van der Waals surface area contributed by atoms with Gasteiger partial charge >= 0.3 is 0 Å². The van der Waals surface area contributed by atoms with E-state index in [0.717, 1.165) is 0 Å². The number of amides is 1. The summed E-state index contributed by atoms with van der Waals surface area (Å²) in [6.45, 7) is 0.0801. The van der Waals surface area contributed by atoms with Gasteiger partial charge in [-0.05, 0) is 25.0 Å². The molecule has 0 spiro atoms. The zero-order chi connectivity index (χ0) is 12.0. The molecule has 3 nitrogen and oxygen atoms in total. The Labute approximate surface area is 94.5 Å². The summed E-state index contributed by atoms with van der Waals surface area (Å²) >= 11 is 0. The minimum Gasteiger partial charge on any atom is -0.396 e. The number of halogens is 1. The quantitative estimate of drug-likeness (QED) is 0.778. The molecule has 1 rings (SSSR count). The molecule has 16 heavy (non-hydrogen) atoms. The van der Waals surface area contributed by atoms with Crippen LogP contribution in [-0.4, -0.2) is 24.7 Å². The number of anilines is 1. The minimum absolute atomic E-state index is 0.0801. The summed E-state index contributed by atoms with van der Waals surface area (Å²) in [6, 6.07) is 6.17. The van der Waals surface area contributed by atoms with Gasteiger partial charge in [0.25, 0.3) is 0 Å². The minimum atomic E-state index is -0.402. The number of aliphatic hydroxyl groups is 1. The third-order valence-corrected chi connectivity index (χ3v) is 2.39. The Hall–Kier alpha value is -1.42. The second-order valence-electron chi connectivity index (χ2n) is 3.58. The molecular formula is C12H16FNO2. The van der Waals surface area contributed by atoms with Crippen LogP contribution in [0, 0.1) is 5.82 Å². The van der Waals surface area contributed by atoms with E-state index in [1.54, 1.807) is 25.2 Å². The van der Waals surface area contributed by atoms with Crippen LogP contribution in [0.2, 0.25) is 0 Å². The van der Waals surface area contributed by atoms with Crippen LogP contribution < -0.4 is 4.90 Å². The Morgan fingerprint density at radius 2 is 2.06 bits per heavy atom. The molecule has 0 radical (unpaired) electrons. The highest BCUT2D eigenvalue weighted by atomic mass is 19.1. The first-order valence-corrected chi connectivity index (χ1v) is 5.28. The summed E-state index contributed by atoms with van der Waals surface area (Å²) in [5.41, 5.74) is 0.288. The highest BCUT2D eigenvalue weighted by Gasteiger charge is 2.13. The fourth-order valence-corrected chi connectivity index (χ4v) is 1.41. The molecule has 0 saturated carbocycles. The van der Waals surface area contributed by atoms with Crippen LogP contribution in [0.5, 0.6) is 0 Å². The molecular weight excluding hydrogens is 209 g/mol. The Morgan fingerprint density at radius 3 is 2.69 bits per heavy atom. The van der Waals surface area contributed by atoms with Gasteiger partial charge in [0, 0.05) is 20.1 Å². The Morgan fingerprint density at radius 1 is 1.38 bits per heavy atom. The number of carbonyl (C=O) groups is 1. The number of unbranched alkanes of at least 4 members (excludes halogenated alkanes) is 1. The van der Waals surface area contributed by atoms with Crippen LogP contribution in [0.25, 0.3) is 0 Å². The van der Waals surface area contributed by atoms with Crippen molar-refractivity contribution in [2.45, 2.75) is 19.3 Å². The normalized spacial score (nSPS) is 10.2. The molecule has 1 aromatic carbocycles. The summed E-state index contributed by atoms with van der Waals surface area (Å²) < 4.78 is 13.4. The number of hydrogen-bond donors (Lipinski definition) is 1. The fourth-order valence-electron chi connectivity index (χ4n) is 1.41. The van der Waals surface area contributed by atoms with E-state index in [0.29, 0.717) is 19.3 Å². The van der Waals surface area contributed by atoms with Gasteiger partial charge in [-0.15, -0.1) is 0 Å². The second-order valence-corrected chi connectivity index (χ2v) is 3.58. The average Bonchev–Trinajstić information content (AvgIpc) is 2.29. The SMILES string of the molecule is CN(C(=O)CCCCO)c1ccccc1F. The Balaban J connectivity index is 2.60. The molecule has 0 aromatic heterocycles. The predicted octanol–water partition coefficient (Wildman–Crippen LogP) is 1.95. The Kier molecular flexibility index (Phi) is 4.92. The van der Waals surface area contributed by atoms with Crippen molar-refractivity contribution in [2.24, 2.45) is 0 Å². The largest absolute Gasteiger partial charge is 0.396 e. The summed E-state index contributed by atoms with van der Waals surface area (Å²) in [4.78, 5) is 13.0. The number of aliphatic hydroxyl groups excluding tert-OH is 1. The smallest absolute Gasteiger partial charge is 0.226 e. The van der Waals surface area contributed by atoms with Crippen molar-refractivity contribution in [3.8, 4) is 0 Å². The number of para-hydroxylation sites is 1. The fraction of sp³-hybridized carbons (Fsp3) is 0.417. The second kappa shape index (κ2) is 6.23. The molecule has 0 bridgehead atoms. The van der Waals surface area contributed by atoms with Gasteiger partial charge in [-0.2, -0.15) is 0 Å². The van der Waals surface area contributed by atoms with E-state index in [1.165, 1.54) is 11.0 Å². The molecule has 0 aliphatic rings. The maximum Gasteiger partial charge on any atom is 0.226 e. The van der Waals surface area contributed by atoms with Crippen LogP contribution in [0.1, 0.15) is 19.3 Å². The number of rotatable bonds is 5. The predicted molar refractivity (Wildman–Crippen MR) is 60.7 cm³/mol. The van der Waals surface area contributed by atoms with Gasteiger partial charge in [-0.1, -0.05) is 12.1 Å². The summed E-state index contributed by atoms with van der Waals surface area (Å²) in [5, 5.41) is 8.59. The molecule has 0 unspecified atom stereocenters. The van der Waals surface area contributed by atoms with Gasteiger partial charge in [0.2, 0.25) is 5.91 Å². The highest BCUT2D eigenvalue weighted by Crippen LogP contribution is 2.18. The monoisotopic (exact) mass is 225 g/mol. The maximum atomic E-state index is 13.4. The standard InChI is InChI=1S/C12H16FNO2/c1-14(12(16)8-4-5-9-15)11-7-3-2-6-10(11)13/h2-3,6-7,15H,4-5,8-9H2,1H3. The van der Waals surface area contributed by atoms with Crippen LogP contribution in [-0.2, 0) is 4.79 Å². The van der Waals surface area contributed by atoms with E-state index >= 15 is 0 Å². The van der Waals surface area contributed by atoms with Crippen molar-refractivity contribution in [3.63, 3.8) is 0 Å². The average molecular weight is 225 g/mol. The molecule has 0 saturated heterocycles. The van der Waals surface area contributed by atoms with E-state index in [9.17, 15) is 9.18 Å². The molecule has 1 aromatic rings.